The summed E-state index contributed by atoms with van der Waals surface area (Å²) in [6.07, 6.45) is -1.13. The van der Waals surface area contributed by atoms with E-state index in [1.807, 2.05) is 37.3 Å². The fourth-order valence-corrected chi connectivity index (χ4v) is 5.23. The maximum Gasteiger partial charge on any atom is 0.416 e. The van der Waals surface area contributed by atoms with E-state index >= 15 is 0 Å². The molecule has 218 valence electrons. The summed E-state index contributed by atoms with van der Waals surface area (Å²) in [6, 6.07) is 12.7. The molecule has 0 unspecified atom stereocenters. The van der Waals surface area contributed by atoms with Crippen LogP contribution in [-0.4, -0.2) is 53.2 Å². The Morgan fingerprint density at radius 1 is 1.05 bits per heavy atom. The smallest absolute Gasteiger partial charge is 0.416 e. The number of alkyl halides is 3. The molecule has 2 aromatic heterocycles. The average molecular weight is 586 g/mol. The van der Waals surface area contributed by atoms with Crippen LogP contribution in [0.25, 0.3) is 21.2 Å². The largest absolute Gasteiger partial charge is 0.444 e. The second kappa shape index (κ2) is 12.4. The lowest BCUT2D eigenvalue weighted by Gasteiger charge is -2.24. The number of carbonyl (C=O) groups excluding carboxylic acids is 1. The predicted molar refractivity (Wildman–Crippen MR) is 157 cm³/mol. The van der Waals surface area contributed by atoms with Crippen LogP contribution in [0, 0.1) is 0 Å². The summed E-state index contributed by atoms with van der Waals surface area (Å²) in [7, 11) is 3.96. The molecule has 4 aromatic rings. The van der Waals surface area contributed by atoms with Gasteiger partial charge in [-0.3, -0.25) is 4.98 Å². The molecule has 4 rings (SSSR count). The normalized spacial score (nSPS) is 12.9. The number of pyridine rings is 1. The van der Waals surface area contributed by atoms with E-state index < -0.39 is 29.5 Å². The zero-order valence-corrected chi connectivity index (χ0v) is 24.5. The molecule has 11 heteroatoms. The highest BCUT2D eigenvalue weighted by Crippen LogP contribution is 2.35. The fraction of sp³-hybridized carbons (Fsp3) is 0.367. The first-order valence-electron chi connectivity index (χ1n) is 13.1. The predicted octanol–water partition coefficient (Wildman–Crippen LogP) is 6.99. The number of hydrogen-bond donors (Lipinski definition) is 2. The molecule has 0 saturated carbocycles. The number of carbonyl (C=O) groups is 1. The molecule has 0 spiro atoms. The molecule has 0 bridgehead atoms. The molecule has 1 atom stereocenters. The van der Waals surface area contributed by atoms with Gasteiger partial charge in [-0.2, -0.15) is 13.2 Å². The van der Waals surface area contributed by atoms with Crippen molar-refractivity contribution in [3.8, 4) is 10.4 Å². The molecule has 0 aliphatic carbocycles. The quantitative estimate of drug-likeness (QED) is 0.221. The number of nitrogens with zero attached hydrogens (tertiary/aromatic N) is 3. The first-order chi connectivity index (χ1) is 19.3. The molecular formula is C30H34F3N5O2S. The number of rotatable bonds is 9. The lowest BCUT2D eigenvalue weighted by atomic mass is 10.0. The first kappa shape index (κ1) is 30.3. The van der Waals surface area contributed by atoms with Gasteiger partial charge in [0.05, 0.1) is 22.2 Å². The number of fused-ring (bicyclic) bond motifs is 1. The molecule has 41 heavy (non-hydrogen) atoms. The van der Waals surface area contributed by atoms with Gasteiger partial charge in [-0.25, -0.2) is 9.78 Å². The summed E-state index contributed by atoms with van der Waals surface area (Å²) in [6.45, 7) is 6.22. The molecular weight excluding hydrogens is 551 g/mol. The number of halogens is 3. The highest BCUT2D eigenvalue weighted by molar-refractivity contribution is 7.19. The number of benzene rings is 2. The standard InChI is InChI=1S/C30H34F3N5O2S/c1-29(2,3)40-28(39)36-24(14-19-6-10-23(11-7-19)30(31,32)33)17-35-27-37-25(18-38(4)5)26(41-27)21-8-9-22-16-34-13-12-20(22)15-21/h6-13,15-16,24H,14,17-18H2,1-5H3,(H,35,37)(H,36,39)/t24-/m0/s1. The highest BCUT2D eigenvalue weighted by atomic mass is 32.1. The molecule has 7 nitrogen and oxygen atoms in total. The van der Waals surface area contributed by atoms with Crippen molar-refractivity contribution < 1.29 is 22.7 Å². The van der Waals surface area contributed by atoms with Crippen molar-refractivity contribution in [3.63, 3.8) is 0 Å². The summed E-state index contributed by atoms with van der Waals surface area (Å²) < 4.78 is 44.5. The lowest BCUT2D eigenvalue weighted by Crippen LogP contribution is -2.43. The fourth-order valence-electron chi connectivity index (χ4n) is 4.26. The number of nitrogens with one attached hydrogen (secondary N) is 2. The summed E-state index contributed by atoms with van der Waals surface area (Å²) in [4.78, 5) is 24.7. The summed E-state index contributed by atoms with van der Waals surface area (Å²) in [5.74, 6) is 0. The van der Waals surface area contributed by atoms with E-state index in [-0.39, 0.29) is 6.54 Å². The summed E-state index contributed by atoms with van der Waals surface area (Å²) >= 11 is 1.51. The molecule has 0 aliphatic rings. The number of hydrogen-bond acceptors (Lipinski definition) is 7. The van der Waals surface area contributed by atoms with Crippen LogP contribution in [0.3, 0.4) is 0 Å². The van der Waals surface area contributed by atoms with E-state index in [9.17, 15) is 18.0 Å². The van der Waals surface area contributed by atoms with Crippen molar-refractivity contribution in [2.45, 2.75) is 51.6 Å². The summed E-state index contributed by atoms with van der Waals surface area (Å²) in [5, 5.41) is 9.00. The van der Waals surface area contributed by atoms with Gasteiger partial charge in [0.2, 0.25) is 0 Å². The van der Waals surface area contributed by atoms with Crippen molar-refractivity contribution in [2.24, 2.45) is 0 Å². The van der Waals surface area contributed by atoms with Crippen LogP contribution in [0.4, 0.5) is 23.1 Å². The van der Waals surface area contributed by atoms with Crippen LogP contribution >= 0.6 is 11.3 Å². The number of ether oxygens (including phenoxy) is 1. The van der Waals surface area contributed by atoms with Gasteiger partial charge in [-0.1, -0.05) is 35.6 Å². The van der Waals surface area contributed by atoms with Gasteiger partial charge in [0.25, 0.3) is 0 Å². The van der Waals surface area contributed by atoms with Crippen molar-refractivity contribution in [3.05, 3.63) is 77.7 Å². The van der Waals surface area contributed by atoms with E-state index in [1.54, 1.807) is 27.0 Å². The van der Waals surface area contributed by atoms with Crippen molar-refractivity contribution in [1.29, 1.82) is 0 Å². The van der Waals surface area contributed by atoms with E-state index in [2.05, 4.69) is 27.8 Å². The molecule has 0 fully saturated rings. The number of alkyl carbamates (subject to hydrolysis) is 1. The molecule has 0 radical (unpaired) electrons. The lowest BCUT2D eigenvalue weighted by molar-refractivity contribution is -0.137. The van der Waals surface area contributed by atoms with Crippen LogP contribution in [0.15, 0.2) is 60.9 Å². The van der Waals surface area contributed by atoms with E-state index in [1.165, 1.54) is 23.5 Å². The van der Waals surface area contributed by atoms with Gasteiger partial charge in [-0.15, -0.1) is 0 Å². The van der Waals surface area contributed by atoms with Crippen LogP contribution in [-0.2, 0) is 23.9 Å². The third-order valence-corrected chi connectivity index (χ3v) is 7.15. The molecule has 0 saturated heterocycles. The minimum Gasteiger partial charge on any atom is -0.444 e. The third-order valence-electron chi connectivity index (χ3n) is 6.05. The molecule has 1 amide bonds. The van der Waals surface area contributed by atoms with E-state index in [0.717, 1.165) is 39.0 Å². The third kappa shape index (κ3) is 8.64. The van der Waals surface area contributed by atoms with Crippen molar-refractivity contribution >= 4 is 33.3 Å². The van der Waals surface area contributed by atoms with Crippen LogP contribution in [0.1, 0.15) is 37.6 Å². The molecule has 0 aliphatic heterocycles. The molecule has 2 heterocycles. The maximum absolute atomic E-state index is 13.0. The topological polar surface area (TPSA) is 79.4 Å². The van der Waals surface area contributed by atoms with E-state index in [4.69, 9.17) is 9.72 Å². The minimum absolute atomic E-state index is 0.290. The average Bonchev–Trinajstić information content (AvgIpc) is 3.27. The number of aromatic nitrogens is 2. The van der Waals surface area contributed by atoms with Gasteiger partial charge >= 0.3 is 12.3 Å². The van der Waals surface area contributed by atoms with Gasteiger partial charge in [-0.05, 0) is 82.1 Å². The van der Waals surface area contributed by atoms with Crippen molar-refractivity contribution in [1.82, 2.24) is 20.2 Å². The Labute approximate surface area is 241 Å². The first-order valence-corrected chi connectivity index (χ1v) is 14.0. The summed E-state index contributed by atoms with van der Waals surface area (Å²) in [5.41, 5.74) is 1.19. The molecule has 2 aromatic carbocycles. The Kier molecular flexibility index (Phi) is 9.18. The van der Waals surface area contributed by atoms with Gasteiger partial charge in [0, 0.05) is 30.9 Å². The second-order valence-electron chi connectivity index (χ2n) is 11.1. The van der Waals surface area contributed by atoms with Gasteiger partial charge < -0.3 is 20.3 Å². The monoisotopic (exact) mass is 585 g/mol. The SMILES string of the molecule is CN(C)Cc1nc(NC[C@H](Cc2ccc(C(F)(F)F)cc2)NC(=O)OC(C)(C)C)sc1-c1ccc2cnccc2c1. The maximum atomic E-state index is 13.0. The van der Waals surface area contributed by atoms with Crippen LogP contribution in [0.5, 0.6) is 0 Å². The molecule has 2 N–H and O–H groups in total. The Morgan fingerprint density at radius 2 is 1.78 bits per heavy atom. The Morgan fingerprint density at radius 3 is 2.44 bits per heavy atom. The number of anilines is 1. The number of thiazole rings is 1. The Bertz CT molecular complexity index is 1480. The van der Waals surface area contributed by atoms with E-state index in [0.29, 0.717) is 23.7 Å². The zero-order chi connectivity index (χ0) is 29.8. The highest BCUT2D eigenvalue weighted by Gasteiger charge is 2.30. The zero-order valence-electron chi connectivity index (χ0n) is 23.7. The Hall–Kier alpha value is -3.70. The number of amides is 1. The van der Waals surface area contributed by atoms with Crippen LogP contribution < -0.4 is 10.6 Å². The van der Waals surface area contributed by atoms with Gasteiger partial charge in [0.1, 0.15) is 5.60 Å². The Balaban J connectivity index is 1.56. The van der Waals surface area contributed by atoms with Gasteiger partial charge in [0.15, 0.2) is 5.13 Å². The van der Waals surface area contributed by atoms with Crippen LogP contribution in [0.2, 0.25) is 0 Å². The second-order valence-corrected chi connectivity index (χ2v) is 12.1. The van der Waals surface area contributed by atoms with Crippen molar-refractivity contribution in [2.75, 3.05) is 26.0 Å². The minimum atomic E-state index is -4.41.